The number of rotatable bonds is 8. The lowest BCUT2D eigenvalue weighted by molar-refractivity contribution is -0.139. The molecule has 1 saturated carbocycles. The quantitative estimate of drug-likeness (QED) is 0.455. The second-order valence-corrected chi connectivity index (χ2v) is 8.59. The Bertz CT molecular complexity index is 974. The molecule has 0 spiro atoms. The molecular weight excluding hydrogens is 442 g/mol. The first-order valence-corrected chi connectivity index (χ1v) is 11.5. The van der Waals surface area contributed by atoms with E-state index < -0.39 is 23.8 Å². The number of nitrogens with zero attached hydrogens (tertiary/aromatic N) is 1. The summed E-state index contributed by atoms with van der Waals surface area (Å²) in [7, 11) is 1.54. The number of anilines is 1. The molecule has 2 aromatic rings. The van der Waals surface area contributed by atoms with E-state index in [0.29, 0.717) is 17.9 Å². The summed E-state index contributed by atoms with van der Waals surface area (Å²) in [5.74, 6) is -2.01. The summed E-state index contributed by atoms with van der Waals surface area (Å²) in [6.45, 7) is 2.51. The molecule has 3 rings (SSSR count). The molecule has 1 aliphatic carbocycles. The van der Waals surface area contributed by atoms with Gasteiger partial charge in [-0.15, -0.1) is 0 Å². The normalized spacial score (nSPS) is 14.5. The molecule has 1 aliphatic rings. The number of amides is 3. The molecule has 0 aromatic heterocycles. The summed E-state index contributed by atoms with van der Waals surface area (Å²) >= 11 is 6.45. The van der Waals surface area contributed by atoms with Crippen LogP contribution in [0.2, 0.25) is 5.02 Å². The van der Waals surface area contributed by atoms with Gasteiger partial charge >= 0.3 is 11.8 Å². The number of aryl methyl sites for hydroxylation is 1. The monoisotopic (exact) mass is 471 g/mol. The molecule has 3 amide bonds. The van der Waals surface area contributed by atoms with Crippen molar-refractivity contribution in [1.82, 2.24) is 10.6 Å². The van der Waals surface area contributed by atoms with Gasteiger partial charge in [-0.05, 0) is 37.5 Å². The lowest BCUT2D eigenvalue weighted by Crippen LogP contribution is -2.51. The third-order valence-corrected chi connectivity index (χ3v) is 6.04. The summed E-state index contributed by atoms with van der Waals surface area (Å²) in [5.41, 5.74) is 1.86. The molecule has 2 N–H and O–H groups in total. The van der Waals surface area contributed by atoms with Gasteiger partial charge in [0.2, 0.25) is 5.91 Å². The van der Waals surface area contributed by atoms with E-state index in [1.165, 1.54) is 12.0 Å². The Morgan fingerprint density at radius 3 is 2.39 bits per heavy atom. The molecule has 7 nitrogen and oxygen atoms in total. The number of benzene rings is 2. The van der Waals surface area contributed by atoms with E-state index in [4.69, 9.17) is 16.3 Å². The number of ether oxygens (including phenoxy) is 1. The Morgan fingerprint density at radius 1 is 1.09 bits per heavy atom. The smallest absolute Gasteiger partial charge is 0.317 e. The highest BCUT2D eigenvalue weighted by atomic mass is 35.5. The van der Waals surface area contributed by atoms with Gasteiger partial charge in [-0.25, -0.2) is 0 Å². The van der Waals surface area contributed by atoms with Crippen LogP contribution in [0, 0.1) is 6.92 Å². The van der Waals surface area contributed by atoms with Crippen LogP contribution in [-0.4, -0.2) is 44.0 Å². The molecular formula is C25H30ClN3O4. The Hall–Kier alpha value is -2.90. The van der Waals surface area contributed by atoms with Crippen molar-refractivity contribution in [1.29, 1.82) is 0 Å². The van der Waals surface area contributed by atoms with Crippen LogP contribution in [0.25, 0.3) is 0 Å². The van der Waals surface area contributed by atoms with E-state index in [9.17, 15) is 14.4 Å². The fourth-order valence-corrected chi connectivity index (χ4v) is 4.21. The highest BCUT2D eigenvalue weighted by Crippen LogP contribution is 2.33. The summed E-state index contributed by atoms with van der Waals surface area (Å²) in [6.07, 6.45) is 3.70. The van der Waals surface area contributed by atoms with Crippen LogP contribution >= 0.6 is 11.6 Å². The molecule has 2 aromatic carbocycles. The molecule has 33 heavy (non-hydrogen) atoms. The highest BCUT2D eigenvalue weighted by molar-refractivity contribution is 6.43. The average Bonchev–Trinajstić information content (AvgIpc) is 3.31. The molecule has 0 bridgehead atoms. The maximum Gasteiger partial charge on any atom is 0.317 e. The summed E-state index contributed by atoms with van der Waals surface area (Å²) < 4.78 is 5.04. The van der Waals surface area contributed by atoms with Gasteiger partial charge in [0.1, 0.15) is 6.04 Å². The average molecular weight is 472 g/mol. The van der Waals surface area contributed by atoms with Gasteiger partial charge in [-0.2, -0.15) is 0 Å². The molecule has 176 valence electrons. The zero-order valence-electron chi connectivity index (χ0n) is 19.0. The molecule has 1 atom stereocenters. The van der Waals surface area contributed by atoms with E-state index in [2.05, 4.69) is 10.6 Å². The fraction of sp³-hybridized carbons (Fsp3) is 0.400. The minimum absolute atomic E-state index is 0.0390. The maximum absolute atomic E-state index is 13.6. The molecule has 0 saturated heterocycles. The van der Waals surface area contributed by atoms with E-state index in [1.54, 1.807) is 36.4 Å². The van der Waals surface area contributed by atoms with Gasteiger partial charge in [0, 0.05) is 19.7 Å². The molecule has 0 aliphatic heterocycles. The van der Waals surface area contributed by atoms with Crippen LogP contribution in [0.1, 0.15) is 42.9 Å². The van der Waals surface area contributed by atoms with Crippen molar-refractivity contribution in [3.8, 4) is 0 Å². The Morgan fingerprint density at radius 2 is 1.76 bits per heavy atom. The minimum Gasteiger partial charge on any atom is -0.383 e. The van der Waals surface area contributed by atoms with Gasteiger partial charge in [-0.1, -0.05) is 66.4 Å². The number of nitrogens with one attached hydrogen (secondary N) is 2. The topological polar surface area (TPSA) is 87.7 Å². The van der Waals surface area contributed by atoms with Crippen molar-refractivity contribution < 1.29 is 19.1 Å². The van der Waals surface area contributed by atoms with Crippen LogP contribution in [0.3, 0.4) is 0 Å². The largest absolute Gasteiger partial charge is 0.383 e. The maximum atomic E-state index is 13.6. The number of hydrogen-bond donors (Lipinski definition) is 2. The van der Waals surface area contributed by atoms with Gasteiger partial charge in [0.05, 0.1) is 17.3 Å². The number of halogens is 1. The summed E-state index contributed by atoms with van der Waals surface area (Å²) in [6, 6.07) is 12.8. The Balaban J connectivity index is 2.03. The molecule has 1 fully saturated rings. The number of carbonyl (C=O) groups excluding carboxylic acids is 3. The van der Waals surface area contributed by atoms with Gasteiger partial charge in [0.15, 0.2) is 0 Å². The van der Waals surface area contributed by atoms with Crippen molar-refractivity contribution in [2.24, 2.45) is 0 Å². The van der Waals surface area contributed by atoms with Gasteiger partial charge < -0.3 is 15.4 Å². The Labute approximate surface area is 199 Å². The van der Waals surface area contributed by atoms with Gasteiger partial charge in [0.25, 0.3) is 0 Å². The van der Waals surface area contributed by atoms with E-state index in [1.807, 2.05) is 19.1 Å². The number of hydrogen-bond acceptors (Lipinski definition) is 4. The van der Waals surface area contributed by atoms with Crippen LogP contribution < -0.4 is 15.5 Å². The standard InChI is InChI=1S/C25H30ClN3O4/c1-17-11-13-18(14-12-17)22(23(30)27-15-16-33-2)29(21-10-6-5-9-20(21)26)25(32)24(31)28-19-7-3-4-8-19/h5-6,9-14,19,22H,3-4,7-8,15-16H2,1-2H3,(H,27,30)(H,28,31)/t22-/m0/s1. The predicted molar refractivity (Wildman–Crippen MR) is 128 cm³/mol. The van der Waals surface area contributed by atoms with Crippen LogP contribution in [-0.2, 0) is 19.1 Å². The summed E-state index contributed by atoms with van der Waals surface area (Å²) in [5, 5.41) is 5.90. The minimum atomic E-state index is -1.09. The van der Waals surface area contributed by atoms with E-state index >= 15 is 0 Å². The van der Waals surface area contributed by atoms with Crippen LogP contribution in [0.4, 0.5) is 5.69 Å². The fourth-order valence-electron chi connectivity index (χ4n) is 3.98. The van der Waals surface area contributed by atoms with Crippen molar-refractivity contribution in [2.75, 3.05) is 25.2 Å². The number of carbonyl (C=O) groups is 3. The zero-order valence-corrected chi connectivity index (χ0v) is 19.7. The Kier molecular flexibility index (Phi) is 8.86. The van der Waals surface area contributed by atoms with Crippen molar-refractivity contribution >= 4 is 35.0 Å². The predicted octanol–water partition coefficient (Wildman–Crippen LogP) is 3.54. The SMILES string of the molecule is COCCNC(=O)[C@H](c1ccc(C)cc1)N(C(=O)C(=O)NC1CCCC1)c1ccccc1Cl. The highest BCUT2D eigenvalue weighted by Gasteiger charge is 2.37. The lowest BCUT2D eigenvalue weighted by Gasteiger charge is -2.32. The number of para-hydroxylation sites is 1. The first-order valence-electron chi connectivity index (χ1n) is 11.1. The van der Waals surface area contributed by atoms with Crippen molar-refractivity contribution in [3.05, 3.63) is 64.7 Å². The van der Waals surface area contributed by atoms with E-state index in [-0.39, 0.29) is 17.6 Å². The van der Waals surface area contributed by atoms with Gasteiger partial charge in [-0.3, -0.25) is 19.3 Å². The van der Waals surface area contributed by atoms with E-state index in [0.717, 1.165) is 31.2 Å². The third kappa shape index (κ3) is 6.33. The first-order chi connectivity index (χ1) is 15.9. The third-order valence-electron chi connectivity index (χ3n) is 5.72. The molecule has 8 heteroatoms. The first kappa shape index (κ1) is 24.7. The molecule has 0 heterocycles. The number of methoxy groups -OCH3 is 1. The van der Waals surface area contributed by atoms with Crippen molar-refractivity contribution in [3.63, 3.8) is 0 Å². The van der Waals surface area contributed by atoms with Crippen molar-refractivity contribution in [2.45, 2.75) is 44.7 Å². The molecule has 0 radical (unpaired) electrons. The van der Waals surface area contributed by atoms with Crippen LogP contribution in [0.5, 0.6) is 0 Å². The van der Waals surface area contributed by atoms with Crippen LogP contribution in [0.15, 0.2) is 48.5 Å². The zero-order chi connectivity index (χ0) is 23.8. The second kappa shape index (κ2) is 11.8. The molecule has 0 unspecified atom stereocenters. The second-order valence-electron chi connectivity index (χ2n) is 8.18. The summed E-state index contributed by atoms with van der Waals surface area (Å²) in [4.78, 5) is 41.1. The lowest BCUT2D eigenvalue weighted by atomic mass is 10.0.